The number of piperazine rings is 1. The van der Waals surface area contributed by atoms with Gasteiger partial charge in [-0.15, -0.1) is 0 Å². The molecule has 0 spiro atoms. The highest BCUT2D eigenvalue weighted by Gasteiger charge is 2.23. The van der Waals surface area contributed by atoms with Gasteiger partial charge in [0.25, 0.3) is 0 Å². The van der Waals surface area contributed by atoms with Crippen molar-refractivity contribution in [2.24, 2.45) is 0 Å². The van der Waals surface area contributed by atoms with Gasteiger partial charge in [0, 0.05) is 37.4 Å². The minimum atomic E-state index is -0.393. The summed E-state index contributed by atoms with van der Waals surface area (Å²) in [6.07, 6.45) is 0.936. The van der Waals surface area contributed by atoms with Gasteiger partial charge in [-0.3, -0.25) is 4.79 Å². The zero-order valence-electron chi connectivity index (χ0n) is 11.0. The lowest BCUT2D eigenvalue weighted by Gasteiger charge is -2.37. The van der Waals surface area contributed by atoms with Gasteiger partial charge in [0.15, 0.2) is 6.29 Å². The molecule has 0 aliphatic carbocycles. The van der Waals surface area contributed by atoms with Crippen molar-refractivity contribution in [3.05, 3.63) is 29.3 Å². The third kappa shape index (κ3) is 2.57. The second-order valence-corrected chi connectivity index (χ2v) is 4.78. The lowest BCUT2D eigenvalue weighted by atomic mass is 9.84. The number of carbonyl (C=O) groups excluding carboxylic acids is 1. The Hall–Kier alpha value is -1.33. The number of aryl methyl sites for hydroxylation is 1. The van der Waals surface area contributed by atoms with E-state index >= 15 is 0 Å². The molecule has 0 saturated carbocycles. The average molecular weight is 246 g/mol. The Morgan fingerprint density at radius 1 is 1.28 bits per heavy atom. The normalized spacial score (nSPS) is 16.7. The molecule has 1 N–H and O–H groups in total. The van der Waals surface area contributed by atoms with Crippen LogP contribution in [0.15, 0.2) is 18.2 Å². The summed E-state index contributed by atoms with van der Waals surface area (Å²) in [4.78, 5) is 15.4. The van der Waals surface area contributed by atoms with E-state index in [-0.39, 0.29) is 0 Å². The maximum absolute atomic E-state index is 11.2. The van der Waals surface area contributed by atoms with Gasteiger partial charge >= 0.3 is 7.05 Å². The molecular weight excluding hydrogens is 227 g/mol. The molecule has 0 radical (unpaired) electrons. The highest BCUT2D eigenvalue weighted by Crippen LogP contribution is 2.23. The zero-order valence-corrected chi connectivity index (χ0v) is 11.0. The summed E-state index contributed by atoms with van der Waals surface area (Å²) < 4.78 is 0. The molecule has 96 valence electrons. The van der Waals surface area contributed by atoms with Crippen LogP contribution in [0.5, 0.6) is 0 Å². The van der Waals surface area contributed by atoms with Gasteiger partial charge in [-0.05, 0) is 25.4 Å². The molecule has 5 heteroatoms. The third-order valence-corrected chi connectivity index (χ3v) is 3.60. The van der Waals surface area contributed by atoms with Crippen LogP contribution >= 0.6 is 0 Å². The second kappa shape index (κ2) is 5.54. The smallest absolute Gasteiger partial charge is 0.376 e. The summed E-state index contributed by atoms with van der Waals surface area (Å²) >= 11 is 0. The van der Waals surface area contributed by atoms with Crippen LogP contribution in [0.25, 0.3) is 0 Å². The quantitative estimate of drug-likeness (QED) is 0.639. The number of nitrogens with zero attached hydrogens (tertiary/aromatic N) is 2. The van der Waals surface area contributed by atoms with Crippen molar-refractivity contribution in [3.8, 4) is 0 Å². The van der Waals surface area contributed by atoms with Gasteiger partial charge < -0.3 is 14.7 Å². The van der Waals surface area contributed by atoms with Crippen molar-refractivity contribution in [2.45, 2.75) is 13.7 Å². The molecule has 0 aromatic heterocycles. The highest BCUT2D eigenvalue weighted by atomic mass is 16.2. The van der Waals surface area contributed by atoms with Crippen LogP contribution in [-0.4, -0.2) is 49.4 Å². The van der Waals surface area contributed by atoms with Crippen molar-refractivity contribution in [1.82, 2.24) is 4.81 Å². The molecule has 0 atom stereocenters. The van der Waals surface area contributed by atoms with Crippen LogP contribution < -0.4 is 4.90 Å². The lowest BCUT2D eigenvalue weighted by Crippen LogP contribution is -2.51. The predicted octanol–water partition coefficient (Wildman–Crippen LogP) is 1.04. The number of benzene rings is 1. The fourth-order valence-electron chi connectivity index (χ4n) is 2.43. The SMILES string of the molecule is CB(O)N1CCN(c2cccc(C)c2C=O)CC1. The Bertz CT molecular complexity index is 429. The van der Waals surface area contributed by atoms with Gasteiger partial charge in [0.05, 0.1) is 0 Å². The Morgan fingerprint density at radius 2 is 1.94 bits per heavy atom. The van der Waals surface area contributed by atoms with Gasteiger partial charge in [-0.1, -0.05) is 12.1 Å². The Kier molecular flexibility index (Phi) is 4.04. The number of aldehydes is 1. The lowest BCUT2D eigenvalue weighted by molar-refractivity contribution is 0.112. The van der Waals surface area contributed by atoms with Crippen molar-refractivity contribution < 1.29 is 9.82 Å². The molecule has 1 fully saturated rings. The minimum Gasteiger partial charge on any atom is -0.437 e. The molecule has 1 heterocycles. The van der Waals surface area contributed by atoms with Gasteiger partial charge in [-0.25, -0.2) is 0 Å². The van der Waals surface area contributed by atoms with Gasteiger partial charge in [0.1, 0.15) is 0 Å². The minimum absolute atomic E-state index is 0.393. The van der Waals surface area contributed by atoms with Crippen LogP contribution in [0.3, 0.4) is 0 Å². The summed E-state index contributed by atoms with van der Waals surface area (Å²) in [6.45, 7) is 7.08. The monoisotopic (exact) mass is 246 g/mol. The molecule has 2 rings (SSSR count). The number of rotatable bonds is 3. The van der Waals surface area contributed by atoms with Gasteiger partial charge in [0.2, 0.25) is 0 Å². The number of hydrogen-bond donors (Lipinski definition) is 1. The highest BCUT2D eigenvalue weighted by molar-refractivity contribution is 6.45. The van der Waals surface area contributed by atoms with Crippen LogP contribution in [0.2, 0.25) is 6.82 Å². The molecule has 1 aliphatic heterocycles. The van der Waals surface area contributed by atoms with Crippen molar-refractivity contribution >= 4 is 19.0 Å². The van der Waals surface area contributed by atoms with E-state index in [1.165, 1.54) is 0 Å². The molecule has 0 amide bonds. The summed E-state index contributed by atoms with van der Waals surface area (Å²) in [7, 11) is -0.393. The molecule has 18 heavy (non-hydrogen) atoms. The van der Waals surface area contributed by atoms with Crippen LogP contribution in [0, 0.1) is 6.92 Å². The van der Waals surface area contributed by atoms with Crippen LogP contribution in [0.4, 0.5) is 5.69 Å². The van der Waals surface area contributed by atoms with Crippen LogP contribution in [-0.2, 0) is 0 Å². The van der Waals surface area contributed by atoms with E-state index in [0.29, 0.717) is 0 Å². The Morgan fingerprint density at radius 3 is 2.50 bits per heavy atom. The average Bonchev–Trinajstić information content (AvgIpc) is 2.38. The molecule has 1 aromatic carbocycles. The molecule has 1 aliphatic rings. The first kappa shape index (κ1) is 13.1. The number of carbonyl (C=O) groups is 1. The van der Waals surface area contributed by atoms with E-state index in [1.54, 1.807) is 6.82 Å². The summed E-state index contributed by atoms with van der Waals surface area (Å²) in [5.74, 6) is 0. The van der Waals surface area contributed by atoms with E-state index < -0.39 is 7.05 Å². The Balaban J connectivity index is 2.15. The zero-order chi connectivity index (χ0) is 13.1. The summed E-state index contributed by atoms with van der Waals surface area (Å²) in [5, 5.41) is 9.53. The van der Waals surface area contributed by atoms with Gasteiger partial charge in [-0.2, -0.15) is 0 Å². The first-order chi connectivity index (χ1) is 8.63. The molecule has 0 bridgehead atoms. The first-order valence-electron chi connectivity index (χ1n) is 6.35. The van der Waals surface area contributed by atoms with E-state index in [0.717, 1.165) is 49.3 Å². The van der Waals surface area contributed by atoms with Crippen molar-refractivity contribution in [2.75, 3.05) is 31.1 Å². The third-order valence-electron chi connectivity index (χ3n) is 3.60. The molecule has 1 aromatic rings. The summed E-state index contributed by atoms with van der Waals surface area (Å²) in [6, 6.07) is 5.94. The molecule has 0 unspecified atom stereocenters. The van der Waals surface area contributed by atoms with E-state index in [4.69, 9.17) is 0 Å². The largest absolute Gasteiger partial charge is 0.437 e. The molecule has 1 saturated heterocycles. The maximum Gasteiger partial charge on any atom is 0.376 e. The second-order valence-electron chi connectivity index (χ2n) is 4.78. The number of anilines is 1. The predicted molar refractivity (Wildman–Crippen MR) is 74.2 cm³/mol. The van der Waals surface area contributed by atoms with Crippen LogP contribution in [0.1, 0.15) is 15.9 Å². The van der Waals surface area contributed by atoms with E-state index in [1.807, 2.05) is 29.9 Å². The van der Waals surface area contributed by atoms with E-state index in [2.05, 4.69) is 4.90 Å². The topological polar surface area (TPSA) is 43.8 Å². The fraction of sp³-hybridized carbons (Fsp3) is 0.462. The molecular formula is C13H19BN2O2. The summed E-state index contributed by atoms with van der Waals surface area (Å²) in [5.41, 5.74) is 2.80. The fourth-order valence-corrected chi connectivity index (χ4v) is 2.43. The first-order valence-corrected chi connectivity index (χ1v) is 6.35. The Labute approximate surface area is 108 Å². The van der Waals surface area contributed by atoms with Crippen molar-refractivity contribution in [3.63, 3.8) is 0 Å². The van der Waals surface area contributed by atoms with E-state index in [9.17, 15) is 9.82 Å². The standard InChI is InChI=1S/C13H19BN2O2/c1-11-4-3-5-13(12(11)10-17)15-6-8-16(9-7-15)14(2)18/h3-5,10,18H,6-9H2,1-2H3. The van der Waals surface area contributed by atoms with Crippen molar-refractivity contribution in [1.29, 1.82) is 0 Å². The molecule has 4 nitrogen and oxygen atoms in total. The maximum atomic E-state index is 11.2. The number of hydrogen-bond acceptors (Lipinski definition) is 4.